The van der Waals surface area contributed by atoms with Crippen LogP contribution in [0.1, 0.15) is 50.7 Å². The van der Waals surface area contributed by atoms with Crippen molar-refractivity contribution < 1.29 is 19.2 Å². The van der Waals surface area contributed by atoms with Gasteiger partial charge in [-0.15, -0.1) is 0 Å². The zero-order valence-electron chi connectivity index (χ0n) is 13.1. The fraction of sp³-hybridized carbons (Fsp3) is 0.800. The van der Waals surface area contributed by atoms with E-state index in [9.17, 15) is 9.90 Å². The van der Waals surface area contributed by atoms with E-state index in [1.54, 1.807) is 4.90 Å². The molecule has 1 aromatic rings. The highest BCUT2D eigenvalue weighted by Gasteiger charge is 2.50. The molecule has 0 aromatic carbocycles. The number of aromatic nitrogens is 2. The van der Waals surface area contributed by atoms with Gasteiger partial charge in [-0.25, -0.2) is 0 Å². The third-order valence-electron chi connectivity index (χ3n) is 4.50. The second-order valence-corrected chi connectivity index (χ2v) is 6.51. The van der Waals surface area contributed by atoms with Crippen molar-refractivity contribution in [1.82, 2.24) is 15.0 Å². The minimum atomic E-state index is -0.588. The first kappa shape index (κ1) is 15.4. The topological polar surface area (TPSA) is 88.7 Å². The number of β-amino-alcohol motifs (C(OH)–C–C–N with tert-alkyl or cyclic N) is 1. The molecular formula is C15H23N3O4. The van der Waals surface area contributed by atoms with Gasteiger partial charge in [0.15, 0.2) is 5.82 Å². The molecule has 0 bridgehead atoms. The maximum atomic E-state index is 12.3. The summed E-state index contributed by atoms with van der Waals surface area (Å²) in [6.45, 7) is 5.48. The van der Waals surface area contributed by atoms with Crippen LogP contribution in [-0.2, 0) is 16.0 Å². The van der Waals surface area contributed by atoms with Crippen LogP contribution in [0.5, 0.6) is 0 Å². The van der Waals surface area contributed by atoms with Crippen LogP contribution in [0.15, 0.2) is 4.52 Å². The van der Waals surface area contributed by atoms with Crippen molar-refractivity contribution in [2.75, 3.05) is 19.7 Å². The summed E-state index contributed by atoms with van der Waals surface area (Å²) in [7, 11) is 0. The number of hydrogen-bond acceptors (Lipinski definition) is 6. The molecule has 2 aliphatic rings. The number of ether oxygens (including phenoxy) is 1. The molecule has 0 radical (unpaired) electrons. The van der Waals surface area contributed by atoms with E-state index in [-0.39, 0.29) is 11.8 Å². The lowest BCUT2D eigenvalue weighted by atomic mass is 9.97. The number of carbonyl (C=O) groups excluding carboxylic acids is 1. The van der Waals surface area contributed by atoms with Crippen molar-refractivity contribution in [2.24, 2.45) is 0 Å². The monoisotopic (exact) mass is 309 g/mol. The van der Waals surface area contributed by atoms with Crippen molar-refractivity contribution in [2.45, 2.75) is 57.2 Å². The van der Waals surface area contributed by atoms with Gasteiger partial charge >= 0.3 is 0 Å². The van der Waals surface area contributed by atoms with Gasteiger partial charge in [0, 0.05) is 31.9 Å². The molecule has 3 heterocycles. The lowest BCUT2D eigenvalue weighted by Crippen LogP contribution is -2.41. The second kappa shape index (κ2) is 5.96. The predicted molar refractivity (Wildman–Crippen MR) is 77.2 cm³/mol. The van der Waals surface area contributed by atoms with Gasteiger partial charge in [-0.05, 0) is 12.8 Å². The number of aliphatic hydroxyl groups excluding tert-OH is 1. The minimum absolute atomic E-state index is 0.00396. The highest BCUT2D eigenvalue weighted by atomic mass is 16.5. The first-order chi connectivity index (χ1) is 10.5. The number of likely N-dealkylation sites (tertiary alicyclic amines) is 1. The zero-order valence-corrected chi connectivity index (χ0v) is 13.1. The third-order valence-corrected chi connectivity index (χ3v) is 4.50. The molecule has 0 saturated carbocycles. The van der Waals surface area contributed by atoms with Gasteiger partial charge in [0.1, 0.15) is 11.7 Å². The summed E-state index contributed by atoms with van der Waals surface area (Å²) < 4.78 is 10.8. The number of amides is 1. The van der Waals surface area contributed by atoms with E-state index < -0.39 is 11.7 Å². The van der Waals surface area contributed by atoms with Gasteiger partial charge < -0.3 is 19.3 Å². The molecule has 3 rings (SSSR count). The van der Waals surface area contributed by atoms with Crippen molar-refractivity contribution in [3.63, 3.8) is 0 Å². The Hall–Kier alpha value is -1.47. The number of nitrogens with zero attached hydrogens (tertiary/aromatic N) is 3. The fourth-order valence-electron chi connectivity index (χ4n) is 3.14. The number of aliphatic hydroxyl groups is 1. The van der Waals surface area contributed by atoms with Crippen LogP contribution >= 0.6 is 0 Å². The average molecular weight is 309 g/mol. The van der Waals surface area contributed by atoms with Crippen molar-refractivity contribution in [3.8, 4) is 0 Å². The van der Waals surface area contributed by atoms with E-state index in [2.05, 4.69) is 10.1 Å². The normalized spacial score (nSPS) is 28.2. The standard InChI is InChI=1S/C15H23N3O4/c1-10(2)14-16-12(22-17-14)4-5-13(20)18-8-11(19)15(9-18)6-3-7-21-15/h10-11,19H,3-9H2,1-2H3/t11-,15-/m0/s1. The molecule has 1 spiro atoms. The van der Waals surface area contributed by atoms with Crippen LogP contribution in [0.25, 0.3) is 0 Å². The third kappa shape index (κ3) is 2.87. The maximum Gasteiger partial charge on any atom is 0.227 e. The van der Waals surface area contributed by atoms with Gasteiger partial charge in [0.25, 0.3) is 0 Å². The van der Waals surface area contributed by atoms with Gasteiger partial charge in [-0.2, -0.15) is 4.98 Å². The molecule has 7 heteroatoms. The first-order valence-electron chi connectivity index (χ1n) is 7.92. The molecule has 2 fully saturated rings. The van der Waals surface area contributed by atoms with Crippen LogP contribution in [0.2, 0.25) is 0 Å². The van der Waals surface area contributed by atoms with Gasteiger partial charge in [-0.1, -0.05) is 19.0 Å². The van der Waals surface area contributed by atoms with Crippen molar-refractivity contribution in [1.29, 1.82) is 0 Å². The molecule has 1 N–H and O–H groups in total. The second-order valence-electron chi connectivity index (χ2n) is 6.51. The number of hydrogen-bond donors (Lipinski definition) is 1. The Kier molecular flexibility index (Phi) is 4.18. The summed E-state index contributed by atoms with van der Waals surface area (Å²) in [6, 6.07) is 0. The first-order valence-corrected chi connectivity index (χ1v) is 7.92. The van der Waals surface area contributed by atoms with Gasteiger partial charge in [0.05, 0.1) is 6.54 Å². The Balaban J connectivity index is 1.54. The zero-order chi connectivity index (χ0) is 15.7. The van der Waals surface area contributed by atoms with E-state index in [4.69, 9.17) is 9.26 Å². The Morgan fingerprint density at radius 2 is 2.36 bits per heavy atom. The molecule has 7 nitrogen and oxygen atoms in total. The summed E-state index contributed by atoms with van der Waals surface area (Å²) in [5, 5.41) is 14.1. The van der Waals surface area contributed by atoms with Crippen molar-refractivity contribution >= 4 is 5.91 Å². The lowest BCUT2D eigenvalue weighted by Gasteiger charge is -2.25. The molecular weight excluding hydrogens is 286 g/mol. The quantitative estimate of drug-likeness (QED) is 0.888. The molecule has 2 aliphatic heterocycles. The number of carbonyl (C=O) groups is 1. The Bertz CT molecular complexity index is 537. The molecule has 0 unspecified atom stereocenters. The van der Waals surface area contributed by atoms with E-state index >= 15 is 0 Å². The minimum Gasteiger partial charge on any atom is -0.388 e. The van der Waals surface area contributed by atoms with Crippen LogP contribution < -0.4 is 0 Å². The van der Waals surface area contributed by atoms with E-state index in [1.807, 2.05) is 13.8 Å². The highest BCUT2D eigenvalue weighted by Crippen LogP contribution is 2.35. The Morgan fingerprint density at radius 1 is 1.55 bits per heavy atom. The van der Waals surface area contributed by atoms with E-state index in [0.29, 0.717) is 44.3 Å². The summed E-state index contributed by atoms with van der Waals surface area (Å²) >= 11 is 0. The molecule has 1 amide bonds. The van der Waals surface area contributed by atoms with Crippen LogP contribution in [0.3, 0.4) is 0 Å². The molecule has 2 atom stereocenters. The summed E-state index contributed by atoms with van der Waals surface area (Å²) in [5.41, 5.74) is -0.537. The van der Waals surface area contributed by atoms with Gasteiger partial charge in [0.2, 0.25) is 11.8 Å². The lowest BCUT2D eigenvalue weighted by molar-refractivity contribution is -0.131. The summed E-state index contributed by atoms with van der Waals surface area (Å²) in [6.07, 6.45) is 1.91. The summed E-state index contributed by atoms with van der Waals surface area (Å²) in [4.78, 5) is 18.3. The fourth-order valence-corrected chi connectivity index (χ4v) is 3.14. The molecule has 2 saturated heterocycles. The van der Waals surface area contributed by atoms with Crippen LogP contribution in [0, 0.1) is 0 Å². The molecule has 122 valence electrons. The van der Waals surface area contributed by atoms with E-state index in [1.165, 1.54) is 0 Å². The summed E-state index contributed by atoms with van der Waals surface area (Å²) in [5.74, 6) is 1.36. The van der Waals surface area contributed by atoms with Crippen LogP contribution in [0.4, 0.5) is 0 Å². The van der Waals surface area contributed by atoms with Crippen LogP contribution in [-0.4, -0.2) is 57.5 Å². The maximum absolute atomic E-state index is 12.3. The Morgan fingerprint density at radius 3 is 3.00 bits per heavy atom. The number of rotatable bonds is 4. The number of aryl methyl sites for hydroxylation is 1. The SMILES string of the molecule is CC(C)c1noc(CCC(=O)N2C[C@H](O)[C@]3(CCCO3)C2)n1. The van der Waals surface area contributed by atoms with Crippen molar-refractivity contribution in [3.05, 3.63) is 11.7 Å². The van der Waals surface area contributed by atoms with Gasteiger partial charge in [-0.3, -0.25) is 4.79 Å². The largest absolute Gasteiger partial charge is 0.388 e. The predicted octanol–water partition coefficient (Wildman–Crippen LogP) is 0.878. The molecule has 0 aliphatic carbocycles. The molecule has 22 heavy (non-hydrogen) atoms. The average Bonchev–Trinajstić information content (AvgIpc) is 3.19. The van der Waals surface area contributed by atoms with E-state index in [0.717, 1.165) is 12.8 Å². The molecule has 1 aromatic heterocycles. The Labute approximate surface area is 129 Å². The highest BCUT2D eigenvalue weighted by molar-refractivity contribution is 5.77. The smallest absolute Gasteiger partial charge is 0.227 e.